The summed E-state index contributed by atoms with van der Waals surface area (Å²) in [5.74, 6) is 0.676. The van der Waals surface area contributed by atoms with E-state index in [0.717, 1.165) is 19.3 Å². The molecule has 7 atom stereocenters. The Balaban J connectivity index is 2.21. The SMILES string of the molecule is CCC(CC)OC1C(CO)OC2(C(C)C2CC)C(OC)C1O. The van der Waals surface area contributed by atoms with Crippen molar-refractivity contribution in [2.45, 2.75) is 83.1 Å². The molecule has 0 radical (unpaired) electrons. The second kappa shape index (κ2) is 7.14. The Hall–Kier alpha value is -0.200. The van der Waals surface area contributed by atoms with Gasteiger partial charge < -0.3 is 24.4 Å². The van der Waals surface area contributed by atoms with Crippen molar-refractivity contribution in [1.82, 2.24) is 0 Å². The zero-order valence-corrected chi connectivity index (χ0v) is 14.5. The van der Waals surface area contributed by atoms with Crippen LogP contribution in [0.4, 0.5) is 0 Å². The van der Waals surface area contributed by atoms with Gasteiger partial charge in [-0.2, -0.15) is 0 Å². The van der Waals surface area contributed by atoms with Crippen LogP contribution in [0.5, 0.6) is 0 Å². The third-order valence-corrected chi connectivity index (χ3v) is 5.73. The topological polar surface area (TPSA) is 68.2 Å². The summed E-state index contributed by atoms with van der Waals surface area (Å²) in [4.78, 5) is 0. The standard InChI is InChI=1S/C17H32O5/c1-6-11(7-2)21-15-13(9-18)22-17(10(4)12(17)8-3)16(20-5)14(15)19/h10-16,18-19H,6-9H2,1-5H3. The van der Waals surface area contributed by atoms with E-state index >= 15 is 0 Å². The average molecular weight is 316 g/mol. The predicted molar refractivity (Wildman–Crippen MR) is 83.7 cm³/mol. The van der Waals surface area contributed by atoms with Crippen LogP contribution in [0.15, 0.2) is 0 Å². The van der Waals surface area contributed by atoms with Crippen LogP contribution in [0.2, 0.25) is 0 Å². The van der Waals surface area contributed by atoms with Crippen molar-refractivity contribution in [3.8, 4) is 0 Å². The van der Waals surface area contributed by atoms with Crippen LogP contribution in [-0.2, 0) is 14.2 Å². The van der Waals surface area contributed by atoms with E-state index in [1.54, 1.807) is 7.11 Å². The molecule has 0 aromatic heterocycles. The van der Waals surface area contributed by atoms with Crippen molar-refractivity contribution < 1.29 is 24.4 Å². The van der Waals surface area contributed by atoms with Gasteiger partial charge in [0.25, 0.3) is 0 Å². The molecule has 2 fully saturated rings. The smallest absolute Gasteiger partial charge is 0.115 e. The van der Waals surface area contributed by atoms with Gasteiger partial charge in [0.1, 0.15) is 30.0 Å². The molecule has 1 saturated heterocycles. The molecule has 0 aromatic rings. The zero-order chi connectivity index (χ0) is 16.5. The van der Waals surface area contributed by atoms with E-state index in [9.17, 15) is 10.2 Å². The Labute approximate surface area is 133 Å². The summed E-state index contributed by atoms with van der Waals surface area (Å²) in [7, 11) is 1.62. The molecule has 2 rings (SSSR count). The summed E-state index contributed by atoms with van der Waals surface area (Å²) in [5, 5.41) is 20.6. The van der Waals surface area contributed by atoms with E-state index in [2.05, 4.69) is 27.7 Å². The molecule has 0 aromatic carbocycles. The summed E-state index contributed by atoms with van der Waals surface area (Å²) in [6.07, 6.45) is 0.539. The molecule has 2 aliphatic rings. The van der Waals surface area contributed by atoms with Crippen LogP contribution in [0.3, 0.4) is 0 Å². The third kappa shape index (κ3) is 2.71. The lowest BCUT2D eigenvalue weighted by Crippen LogP contribution is -2.63. The molecule has 22 heavy (non-hydrogen) atoms. The molecule has 1 saturated carbocycles. The van der Waals surface area contributed by atoms with E-state index in [1.165, 1.54) is 0 Å². The molecular formula is C17H32O5. The fraction of sp³-hybridized carbons (Fsp3) is 1.00. The van der Waals surface area contributed by atoms with Gasteiger partial charge in [-0.25, -0.2) is 0 Å². The molecule has 1 aliphatic carbocycles. The van der Waals surface area contributed by atoms with Crippen molar-refractivity contribution in [3.63, 3.8) is 0 Å². The number of ether oxygens (including phenoxy) is 3. The Morgan fingerprint density at radius 1 is 1.23 bits per heavy atom. The quantitative estimate of drug-likeness (QED) is 0.749. The lowest BCUT2D eigenvalue weighted by Gasteiger charge is -2.46. The van der Waals surface area contributed by atoms with E-state index in [4.69, 9.17) is 14.2 Å². The molecule has 130 valence electrons. The first-order chi connectivity index (χ1) is 10.5. The minimum Gasteiger partial charge on any atom is -0.394 e. The summed E-state index contributed by atoms with van der Waals surface area (Å²) in [5.41, 5.74) is -0.482. The summed E-state index contributed by atoms with van der Waals surface area (Å²) in [6, 6.07) is 0. The highest BCUT2D eigenvalue weighted by molar-refractivity contribution is 5.20. The average Bonchev–Trinajstić information content (AvgIpc) is 3.09. The van der Waals surface area contributed by atoms with E-state index < -0.39 is 30.0 Å². The molecule has 5 nitrogen and oxygen atoms in total. The largest absolute Gasteiger partial charge is 0.394 e. The van der Waals surface area contributed by atoms with Crippen LogP contribution in [0, 0.1) is 11.8 Å². The summed E-state index contributed by atoms with van der Waals surface area (Å²) >= 11 is 0. The first-order valence-electron chi connectivity index (χ1n) is 8.66. The second-order valence-electron chi connectivity index (χ2n) is 6.68. The van der Waals surface area contributed by atoms with Crippen LogP contribution >= 0.6 is 0 Å². The molecule has 1 heterocycles. The second-order valence-corrected chi connectivity index (χ2v) is 6.68. The normalized spacial score (nSPS) is 44.7. The van der Waals surface area contributed by atoms with Gasteiger partial charge in [-0.3, -0.25) is 0 Å². The third-order valence-electron chi connectivity index (χ3n) is 5.73. The van der Waals surface area contributed by atoms with Crippen molar-refractivity contribution >= 4 is 0 Å². The van der Waals surface area contributed by atoms with Crippen molar-refractivity contribution in [1.29, 1.82) is 0 Å². The Morgan fingerprint density at radius 2 is 1.86 bits per heavy atom. The Kier molecular flexibility index (Phi) is 5.89. The molecule has 0 amide bonds. The minimum atomic E-state index is -0.782. The van der Waals surface area contributed by atoms with Crippen molar-refractivity contribution in [2.75, 3.05) is 13.7 Å². The molecule has 5 heteroatoms. The number of methoxy groups -OCH3 is 1. The fourth-order valence-corrected chi connectivity index (χ4v) is 4.37. The number of hydrogen-bond acceptors (Lipinski definition) is 5. The van der Waals surface area contributed by atoms with Gasteiger partial charge in [-0.1, -0.05) is 34.1 Å². The Morgan fingerprint density at radius 3 is 2.27 bits per heavy atom. The predicted octanol–water partition coefficient (Wildman–Crippen LogP) is 1.74. The van der Waals surface area contributed by atoms with Crippen LogP contribution in [0.25, 0.3) is 0 Å². The van der Waals surface area contributed by atoms with Crippen molar-refractivity contribution in [2.24, 2.45) is 11.8 Å². The number of aliphatic hydroxyl groups is 2. The number of aliphatic hydroxyl groups excluding tert-OH is 2. The van der Waals surface area contributed by atoms with Gasteiger partial charge in [0.2, 0.25) is 0 Å². The fourth-order valence-electron chi connectivity index (χ4n) is 4.37. The highest BCUT2D eigenvalue weighted by Gasteiger charge is 2.72. The van der Waals surface area contributed by atoms with Crippen molar-refractivity contribution in [3.05, 3.63) is 0 Å². The van der Waals surface area contributed by atoms with Gasteiger partial charge in [0.05, 0.1) is 12.7 Å². The maximum atomic E-state index is 10.8. The van der Waals surface area contributed by atoms with E-state index in [-0.39, 0.29) is 12.7 Å². The van der Waals surface area contributed by atoms with Crippen LogP contribution in [0.1, 0.15) is 47.0 Å². The van der Waals surface area contributed by atoms with Crippen LogP contribution in [-0.4, -0.2) is 60.1 Å². The highest BCUT2D eigenvalue weighted by atomic mass is 16.6. The summed E-state index contributed by atoms with van der Waals surface area (Å²) < 4.78 is 17.9. The van der Waals surface area contributed by atoms with Gasteiger partial charge in [-0.05, 0) is 24.7 Å². The molecular weight excluding hydrogens is 284 g/mol. The molecule has 1 aliphatic heterocycles. The van der Waals surface area contributed by atoms with Gasteiger partial charge in [0, 0.05) is 7.11 Å². The Bertz CT molecular complexity index is 359. The molecule has 1 spiro atoms. The lowest BCUT2D eigenvalue weighted by molar-refractivity contribution is -0.273. The van der Waals surface area contributed by atoms with Gasteiger partial charge in [-0.15, -0.1) is 0 Å². The minimum absolute atomic E-state index is 0.0578. The number of rotatable bonds is 7. The summed E-state index contributed by atoms with van der Waals surface area (Å²) in [6.45, 7) is 8.22. The molecule has 0 bridgehead atoms. The zero-order valence-electron chi connectivity index (χ0n) is 14.5. The maximum absolute atomic E-state index is 10.8. The number of hydrogen-bond donors (Lipinski definition) is 2. The first-order valence-corrected chi connectivity index (χ1v) is 8.66. The molecule has 2 N–H and O–H groups in total. The van der Waals surface area contributed by atoms with Gasteiger partial charge >= 0.3 is 0 Å². The monoisotopic (exact) mass is 316 g/mol. The maximum Gasteiger partial charge on any atom is 0.115 e. The van der Waals surface area contributed by atoms with Gasteiger partial charge in [0.15, 0.2) is 0 Å². The molecule has 7 unspecified atom stereocenters. The highest BCUT2D eigenvalue weighted by Crippen LogP contribution is 2.61. The van der Waals surface area contributed by atoms with E-state index in [1.807, 2.05) is 0 Å². The first kappa shape index (κ1) is 18.1. The van der Waals surface area contributed by atoms with Crippen LogP contribution < -0.4 is 0 Å². The lowest BCUT2D eigenvalue weighted by atomic mass is 9.90. The van der Waals surface area contributed by atoms with E-state index in [0.29, 0.717) is 11.8 Å².